The number of ether oxygens (including phenoxy) is 1. The molecule has 1 rings (SSSR count). The standard InChI is InChI=1S/C18H36N2O4Si2/c1-14-15(12-24-26(8,9)18(2,3)4)20(17(22)19-16(14)21)13-23-10-11-25(5,6)7/h10-13H2,1-9H3,(H,19,21,22). The summed E-state index contributed by atoms with van der Waals surface area (Å²) in [5, 5.41) is 0.0566. The van der Waals surface area contributed by atoms with Crippen LogP contribution in [-0.4, -0.2) is 32.5 Å². The summed E-state index contributed by atoms with van der Waals surface area (Å²) in [7, 11) is -3.19. The van der Waals surface area contributed by atoms with Crippen LogP contribution in [0.4, 0.5) is 0 Å². The van der Waals surface area contributed by atoms with E-state index in [-0.39, 0.29) is 23.9 Å². The minimum Gasteiger partial charge on any atom is -0.411 e. The van der Waals surface area contributed by atoms with Crippen LogP contribution in [0.1, 0.15) is 32.0 Å². The Bertz CT molecular complexity index is 725. The van der Waals surface area contributed by atoms with Gasteiger partial charge in [0.15, 0.2) is 8.32 Å². The fourth-order valence-electron chi connectivity index (χ4n) is 2.04. The molecular formula is C18H36N2O4Si2. The van der Waals surface area contributed by atoms with Gasteiger partial charge in [0.25, 0.3) is 5.56 Å². The van der Waals surface area contributed by atoms with Crippen LogP contribution in [0.25, 0.3) is 0 Å². The molecule has 0 aromatic carbocycles. The van der Waals surface area contributed by atoms with Gasteiger partial charge in [0, 0.05) is 20.2 Å². The largest absolute Gasteiger partial charge is 0.411 e. The molecule has 0 radical (unpaired) electrons. The highest BCUT2D eigenvalue weighted by atomic mass is 28.4. The molecule has 0 aliphatic rings. The maximum absolute atomic E-state index is 12.3. The van der Waals surface area contributed by atoms with E-state index in [9.17, 15) is 9.59 Å². The van der Waals surface area contributed by atoms with E-state index in [1.807, 2.05) is 0 Å². The van der Waals surface area contributed by atoms with Gasteiger partial charge in [-0.05, 0) is 31.1 Å². The van der Waals surface area contributed by atoms with Crippen LogP contribution in [0.15, 0.2) is 9.59 Å². The van der Waals surface area contributed by atoms with Crippen molar-refractivity contribution in [2.75, 3.05) is 6.61 Å². The molecule has 0 bridgehead atoms. The third-order valence-corrected chi connectivity index (χ3v) is 11.3. The first-order chi connectivity index (χ1) is 11.7. The lowest BCUT2D eigenvalue weighted by Gasteiger charge is -2.36. The zero-order valence-corrected chi connectivity index (χ0v) is 19.9. The third-order valence-electron chi connectivity index (χ3n) is 5.16. The van der Waals surface area contributed by atoms with Gasteiger partial charge in [-0.2, -0.15) is 0 Å². The predicted octanol–water partition coefficient (Wildman–Crippen LogP) is 3.68. The first kappa shape index (κ1) is 23.1. The predicted molar refractivity (Wildman–Crippen MR) is 112 cm³/mol. The molecule has 0 aliphatic carbocycles. The molecule has 0 unspecified atom stereocenters. The average molecular weight is 401 g/mol. The zero-order valence-electron chi connectivity index (χ0n) is 17.9. The van der Waals surface area contributed by atoms with E-state index >= 15 is 0 Å². The van der Waals surface area contributed by atoms with Crippen LogP contribution in [0.2, 0.25) is 43.8 Å². The first-order valence-electron chi connectivity index (χ1n) is 9.20. The number of hydrogen-bond acceptors (Lipinski definition) is 4. The summed E-state index contributed by atoms with van der Waals surface area (Å²) in [6, 6.07) is 1.03. The molecule has 0 amide bonds. The highest BCUT2D eigenvalue weighted by molar-refractivity contribution is 6.76. The molecule has 1 aromatic heterocycles. The summed E-state index contributed by atoms with van der Waals surface area (Å²) >= 11 is 0. The lowest BCUT2D eigenvalue weighted by molar-refractivity contribution is 0.0782. The van der Waals surface area contributed by atoms with Gasteiger partial charge in [0.1, 0.15) is 6.73 Å². The topological polar surface area (TPSA) is 73.3 Å². The number of hydrogen-bond donors (Lipinski definition) is 1. The molecular weight excluding hydrogens is 364 g/mol. The van der Waals surface area contributed by atoms with E-state index in [0.717, 1.165) is 6.04 Å². The van der Waals surface area contributed by atoms with Crippen molar-refractivity contribution in [3.63, 3.8) is 0 Å². The molecule has 1 aromatic rings. The maximum Gasteiger partial charge on any atom is 0.330 e. The number of aromatic nitrogens is 2. The second-order valence-electron chi connectivity index (χ2n) is 9.66. The Morgan fingerprint density at radius 2 is 1.65 bits per heavy atom. The van der Waals surface area contributed by atoms with E-state index in [1.165, 1.54) is 4.57 Å². The van der Waals surface area contributed by atoms with E-state index in [2.05, 4.69) is 58.5 Å². The van der Waals surface area contributed by atoms with Gasteiger partial charge in [-0.1, -0.05) is 40.4 Å². The van der Waals surface area contributed by atoms with Crippen LogP contribution in [0, 0.1) is 6.92 Å². The number of aromatic amines is 1. The van der Waals surface area contributed by atoms with Gasteiger partial charge in [0.2, 0.25) is 0 Å². The number of H-pyrrole nitrogens is 1. The van der Waals surface area contributed by atoms with E-state index < -0.39 is 22.1 Å². The Morgan fingerprint density at radius 3 is 2.15 bits per heavy atom. The SMILES string of the molecule is Cc1c(CO[Si](C)(C)C(C)(C)C)n(COCC[Si](C)(C)C)c(=O)[nH]c1=O. The zero-order chi connectivity index (χ0) is 20.3. The molecule has 150 valence electrons. The molecule has 1 N–H and O–H groups in total. The van der Waals surface area contributed by atoms with Crippen LogP contribution in [0.3, 0.4) is 0 Å². The van der Waals surface area contributed by atoms with Gasteiger partial charge in [-0.3, -0.25) is 14.3 Å². The molecule has 0 atom stereocenters. The normalized spacial score (nSPS) is 13.3. The monoisotopic (exact) mass is 400 g/mol. The van der Waals surface area contributed by atoms with Crippen molar-refractivity contribution in [3.05, 3.63) is 32.1 Å². The molecule has 0 aliphatic heterocycles. The van der Waals surface area contributed by atoms with Crippen LogP contribution < -0.4 is 11.2 Å². The maximum atomic E-state index is 12.3. The average Bonchev–Trinajstić information content (AvgIpc) is 2.45. The van der Waals surface area contributed by atoms with Gasteiger partial charge in [0.05, 0.1) is 12.3 Å². The molecule has 6 nitrogen and oxygen atoms in total. The van der Waals surface area contributed by atoms with Crippen LogP contribution in [0.5, 0.6) is 0 Å². The van der Waals surface area contributed by atoms with Crippen molar-refractivity contribution in [1.82, 2.24) is 9.55 Å². The van der Waals surface area contributed by atoms with Gasteiger partial charge in [-0.15, -0.1) is 0 Å². The van der Waals surface area contributed by atoms with Crippen LogP contribution in [-0.2, 0) is 22.5 Å². The second kappa shape index (κ2) is 8.37. The minimum absolute atomic E-state index is 0.0566. The van der Waals surface area contributed by atoms with Gasteiger partial charge >= 0.3 is 5.69 Å². The number of nitrogens with one attached hydrogen (secondary N) is 1. The van der Waals surface area contributed by atoms with Gasteiger partial charge < -0.3 is 9.16 Å². The fraction of sp³-hybridized carbons (Fsp3) is 0.778. The highest BCUT2D eigenvalue weighted by Gasteiger charge is 2.37. The fourth-order valence-corrected chi connectivity index (χ4v) is 3.72. The molecule has 8 heteroatoms. The summed E-state index contributed by atoms with van der Waals surface area (Å²) in [5.74, 6) is 0. The molecule has 0 spiro atoms. The third kappa shape index (κ3) is 6.33. The summed E-state index contributed by atoms with van der Waals surface area (Å²) in [6.07, 6.45) is 0. The molecule has 26 heavy (non-hydrogen) atoms. The summed E-state index contributed by atoms with van der Waals surface area (Å²) in [5.41, 5.74) is 0.318. The molecule has 0 fully saturated rings. The summed E-state index contributed by atoms with van der Waals surface area (Å²) < 4.78 is 13.5. The van der Waals surface area contributed by atoms with Crippen LogP contribution >= 0.6 is 0 Å². The van der Waals surface area contributed by atoms with Crippen molar-refractivity contribution in [2.24, 2.45) is 0 Å². The van der Waals surface area contributed by atoms with E-state index in [4.69, 9.17) is 9.16 Å². The molecule has 0 saturated heterocycles. The van der Waals surface area contributed by atoms with Crippen molar-refractivity contribution < 1.29 is 9.16 Å². The molecule has 0 saturated carbocycles. The second-order valence-corrected chi connectivity index (χ2v) is 20.1. The van der Waals surface area contributed by atoms with Crippen molar-refractivity contribution in [3.8, 4) is 0 Å². The van der Waals surface area contributed by atoms with E-state index in [1.54, 1.807) is 6.92 Å². The van der Waals surface area contributed by atoms with Crippen molar-refractivity contribution >= 4 is 16.4 Å². The Labute approximate surface area is 159 Å². The first-order valence-corrected chi connectivity index (χ1v) is 15.8. The minimum atomic E-state index is -1.99. The Balaban J connectivity index is 3.03. The number of rotatable bonds is 8. The van der Waals surface area contributed by atoms with Crippen molar-refractivity contribution in [2.45, 2.75) is 84.9 Å². The van der Waals surface area contributed by atoms with Gasteiger partial charge in [-0.25, -0.2) is 4.79 Å². The smallest absolute Gasteiger partial charge is 0.330 e. The Hall–Kier alpha value is -0.966. The Kier molecular flexibility index (Phi) is 7.43. The van der Waals surface area contributed by atoms with E-state index in [0.29, 0.717) is 17.9 Å². The lowest BCUT2D eigenvalue weighted by Crippen LogP contribution is -2.42. The summed E-state index contributed by atoms with van der Waals surface area (Å²) in [6.45, 7) is 20.4. The molecule has 1 heterocycles. The Morgan fingerprint density at radius 1 is 1.08 bits per heavy atom. The lowest BCUT2D eigenvalue weighted by atomic mass is 10.2. The summed E-state index contributed by atoms with van der Waals surface area (Å²) in [4.78, 5) is 26.7. The van der Waals surface area contributed by atoms with Crippen molar-refractivity contribution in [1.29, 1.82) is 0 Å². The quantitative estimate of drug-likeness (QED) is 0.533. The number of nitrogens with zero attached hydrogens (tertiary/aromatic N) is 1. The highest BCUT2D eigenvalue weighted by Crippen LogP contribution is 2.37.